The summed E-state index contributed by atoms with van der Waals surface area (Å²) in [5.41, 5.74) is 2.22. The Hall–Kier alpha value is -0.840. The van der Waals surface area contributed by atoms with Gasteiger partial charge in [0.1, 0.15) is 0 Å². The van der Waals surface area contributed by atoms with Crippen LogP contribution in [-0.2, 0) is 20.6 Å². The monoisotopic (exact) mass is 267 g/mol. The van der Waals surface area contributed by atoms with E-state index in [2.05, 4.69) is 31.0 Å². The Bertz CT molecular complexity index is 400. The fourth-order valence-corrected chi connectivity index (χ4v) is 2.52. The number of nitrogens with one attached hydrogen (secondary N) is 1. The molecule has 1 saturated heterocycles. The van der Waals surface area contributed by atoms with E-state index in [4.69, 9.17) is 14.2 Å². The first kappa shape index (κ1) is 14.6. The van der Waals surface area contributed by atoms with E-state index < -0.39 is 0 Å². The SMILES string of the molecule is COCC1CCC(c2ccc(CC(C)(C)OC)[nH]2)O1. The van der Waals surface area contributed by atoms with Crippen molar-refractivity contribution in [2.75, 3.05) is 20.8 Å². The minimum atomic E-state index is -0.142. The summed E-state index contributed by atoms with van der Waals surface area (Å²) in [6.45, 7) is 4.86. The number of methoxy groups -OCH3 is 2. The first-order chi connectivity index (χ1) is 9.04. The molecule has 1 fully saturated rings. The molecule has 0 radical (unpaired) electrons. The molecule has 19 heavy (non-hydrogen) atoms. The number of hydrogen-bond donors (Lipinski definition) is 1. The summed E-state index contributed by atoms with van der Waals surface area (Å²) >= 11 is 0. The van der Waals surface area contributed by atoms with Gasteiger partial charge in [0.25, 0.3) is 0 Å². The zero-order chi connectivity index (χ0) is 13.9. The lowest BCUT2D eigenvalue weighted by atomic mass is 10.0. The van der Waals surface area contributed by atoms with E-state index in [9.17, 15) is 0 Å². The van der Waals surface area contributed by atoms with Gasteiger partial charge in [-0.1, -0.05) is 0 Å². The number of ether oxygens (including phenoxy) is 3. The third-order valence-electron chi connectivity index (χ3n) is 3.74. The fraction of sp³-hybridized carbons (Fsp3) is 0.733. The van der Waals surface area contributed by atoms with Gasteiger partial charge in [0.2, 0.25) is 0 Å². The van der Waals surface area contributed by atoms with Gasteiger partial charge in [0.05, 0.1) is 24.4 Å². The molecule has 2 heterocycles. The molecule has 108 valence electrons. The van der Waals surface area contributed by atoms with Crippen molar-refractivity contribution >= 4 is 0 Å². The Morgan fingerprint density at radius 1 is 1.32 bits per heavy atom. The van der Waals surface area contributed by atoms with Gasteiger partial charge in [-0.25, -0.2) is 0 Å². The number of H-pyrrole nitrogens is 1. The van der Waals surface area contributed by atoms with Gasteiger partial charge in [-0.3, -0.25) is 0 Å². The molecule has 1 aliphatic rings. The summed E-state index contributed by atoms with van der Waals surface area (Å²) in [7, 11) is 3.47. The standard InChI is InChI=1S/C15H25NO3/c1-15(2,18-4)9-11-5-7-13(16-11)14-8-6-12(19-14)10-17-3/h5,7,12,14,16H,6,8-10H2,1-4H3. The molecular formula is C15H25NO3. The molecule has 4 heteroatoms. The zero-order valence-corrected chi connectivity index (χ0v) is 12.4. The van der Waals surface area contributed by atoms with Crippen molar-refractivity contribution in [3.05, 3.63) is 23.5 Å². The molecule has 1 aromatic rings. The summed E-state index contributed by atoms with van der Waals surface area (Å²) in [5.74, 6) is 0. The fourth-order valence-electron chi connectivity index (χ4n) is 2.52. The maximum Gasteiger partial charge on any atom is 0.0978 e. The molecule has 0 aromatic carbocycles. The smallest absolute Gasteiger partial charge is 0.0978 e. The quantitative estimate of drug-likeness (QED) is 0.862. The van der Waals surface area contributed by atoms with Gasteiger partial charge >= 0.3 is 0 Å². The highest BCUT2D eigenvalue weighted by Crippen LogP contribution is 2.32. The van der Waals surface area contributed by atoms with Crippen molar-refractivity contribution in [3.8, 4) is 0 Å². The average Bonchev–Trinajstić information content (AvgIpc) is 2.98. The van der Waals surface area contributed by atoms with Crippen molar-refractivity contribution in [3.63, 3.8) is 0 Å². The van der Waals surface area contributed by atoms with Gasteiger partial charge in [0, 0.05) is 32.0 Å². The van der Waals surface area contributed by atoms with Crippen molar-refractivity contribution in [2.24, 2.45) is 0 Å². The molecule has 0 amide bonds. The minimum Gasteiger partial charge on any atom is -0.382 e. The summed E-state index contributed by atoms with van der Waals surface area (Å²) in [6.07, 6.45) is 3.41. The normalized spacial score (nSPS) is 24.0. The molecule has 4 nitrogen and oxygen atoms in total. The van der Waals surface area contributed by atoms with Gasteiger partial charge in [-0.05, 0) is 38.8 Å². The minimum absolute atomic E-state index is 0.142. The van der Waals surface area contributed by atoms with E-state index in [0.29, 0.717) is 6.61 Å². The molecular weight excluding hydrogens is 242 g/mol. The number of aromatic nitrogens is 1. The van der Waals surface area contributed by atoms with E-state index in [-0.39, 0.29) is 17.8 Å². The second kappa shape index (κ2) is 6.07. The highest BCUT2D eigenvalue weighted by atomic mass is 16.5. The largest absolute Gasteiger partial charge is 0.382 e. The molecule has 1 aromatic heterocycles. The van der Waals surface area contributed by atoms with Crippen LogP contribution in [0.5, 0.6) is 0 Å². The maximum atomic E-state index is 5.97. The van der Waals surface area contributed by atoms with Crippen LogP contribution in [0, 0.1) is 0 Å². The zero-order valence-electron chi connectivity index (χ0n) is 12.4. The highest BCUT2D eigenvalue weighted by molar-refractivity contribution is 5.17. The highest BCUT2D eigenvalue weighted by Gasteiger charge is 2.27. The third-order valence-corrected chi connectivity index (χ3v) is 3.74. The Morgan fingerprint density at radius 2 is 2.11 bits per heavy atom. The predicted molar refractivity (Wildman–Crippen MR) is 74.3 cm³/mol. The van der Waals surface area contributed by atoms with Crippen molar-refractivity contribution in [1.82, 2.24) is 4.98 Å². The van der Waals surface area contributed by atoms with Crippen LogP contribution in [0.15, 0.2) is 12.1 Å². The van der Waals surface area contributed by atoms with E-state index in [0.717, 1.165) is 19.3 Å². The summed E-state index contributed by atoms with van der Waals surface area (Å²) in [5, 5.41) is 0. The third kappa shape index (κ3) is 3.81. The van der Waals surface area contributed by atoms with Crippen LogP contribution >= 0.6 is 0 Å². The molecule has 2 unspecified atom stereocenters. The summed E-state index contributed by atoms with van der Waals surface area (Å²) in [6, 6.07) is 4.25. The molecule has 0 spiro atoms. The lowest BCUT2D eigenvalue weighted by molar-refractivity contribution is -0.00375. The van der Waals surface area contributed by atoms with Gasteiger partial charge in [0.15, 0.2) is 0 Å². The molecule has 0 aliphatic carbocycles. The summed E-state index contributed by atoms with van der Waals surface area (Å²) in [4.78, 5) is 3.46. The Labute approximate surface area is 115 Å². The maximum absolute atomic E-state index is 5.97. The van der Waals surface area contributed by atoms with Crippen LogP contribution in [0.1, 0.15) is 44.2 Å². The first-order valence-corrected chi connectivity index (χ1v) is 6.91. The van der Waals surface area contributed by atoms with E-state index in [1.165, 1.54) is 11.4 Å². The van der Waals surface area contributed by atoms with Crippen molar-refractivity contribution in [1.29, 1.82) is 0 Å². The predicted octanol–water partition coefficient (Wildman–Crippen LogP) is 2.85. The number of rotatable bonds is 6. The Morgan fingerprint density at radius 3 is 2.79 bits per heavy atom. The van der Waals surface area contributed by atoms with Gasteiger partial charge < -0.3 is 19.2 Å². The molecule has 1 N–H and O–H groups in total. The molecule has 1 aliphatic heterocycles. The second-order valence-corrected chi connectivity index (χ2v) is 5.86. The molecule has 0 saturated carbocycles. The van der Waals surface area contributed by atoms with Crippen molar-refractivity contribution < 1.29 is 14.2 Å². The van der Waals surface area contributed by atoms with Gasteiger partial charge in [-0.2, -0.15) is 0 Å². The molecule has 2 atom stereocenters. The average molecular weight is 267 g/mol. The van der Waals surface area contributed by atoms with Crippen LogP contribution in [-0.4, -0.2) is 37.5 Å². The first-order valence-electron chi connectivity index (χ1n) is 6.91. The Kier molecular flexibility index (Phi) is 4.66. The number of hydrogen-bond acceptors (Lipinski definition) is 3. The molecule has 2 rings (SSSR count). The number of aromatic amines is 1. The summed E-state index contributed by atoms with van der Waals surface area (Å²) < 4.78 is 16.6. The van der Waals surface area contributed by atoms with Crippen LogP contribution in [0.3, 0.4) is 0 Å². The van der Waals surface area contributed by atoms with Crippen LogP contribution < -0.4 is 0 Å². The lowest BCUT2D eigenvalue weighted by Gasteiger charge is -2.22. The van der Waals surface area contributed by atoms with E-state index in [1.54, 1.807) is 14.2 Å². The van der Waals surface area contributed by atoms with Crippen molar-refractivity contribution in [2.45, 2.75) is 50.9 Å². The Balaban J connectivity index is 1.94. The lowest BCUT2D eigenvalue weighted by Crippen LogP contribution is -2.25. The van der Waals surface area contributed by atoms with Crippen LogP contribution in [0.25, 0.3) is 0 Å². The van der Waals surface area contributed by atoms with E-state index >= 15 is 0 Å². The van der Waals surface area contributed by atoms with Crippen LogP contribution in [0.2, 0.25) is 0 Å². The second-order valence-electron chi connectivity index (χ2n) is 5.86. The molecule has 0 bridgehead atoms. The topological polar surface area (TPSA) is 43.5 Å². The van der Waals surface area contributed by atoms with Crippen LogP contribution in [0.4, 0.5) is 0 Å². The van der Waals surface area contributed by atoms with Gasteiger partial charge in [-0.15, -0.1) is 0 Å². The van der Waals surface area contributed by atoms with E-state index in [1.807, 2.05) is 0 Å².